The SMILES string of the molecule is CCCCCCCCCCC(C)(O)c1ccc(Br)cc1. The molecule has 0 heterocycles. The zero-order valence-electron chi connectivity index (χ0n) is 13.0. The lowest BCUT2D eigenvalue weighted by Crippen LogP contribution is -2.20. The van der Waals surface area contributed by atoms with E-state index in [2.05, 4.69) is 22.9 Å². The number of unbranched alkanes of at least 4 members (excludes halogenated alkanes) is 7. The van der Waals surface area contributed by atoms with Gasteiger partial charge in [-0.2, -0.15) is 0 Å². The maximum absolute atomic E-state index is 10.5. The summed E-state index contributed by atoms with van der Waals surface area (Å²) in [6, 6.07) is 8.01. The maximum Gasteiger partial charge on any atom is 0.0868 e. The van der Waals surface area contributed by atoms with Crippen LogP contribution in [0.3, 0.4) is 0 Å². The van der Waals surface area contributed by atoms with Crippen LogP contribution in [0.1, 0.15) is 77.2 Å². The third kappa shape index (κ3) is 6.90. The highest BCUT2D eigenvalue weighted by Crippen LogP contribution is 2.28. The van der Waals surface area contributed by atoms with Crippen LogP contribution in [0.4, 0.5) is 0 Å². The fourth-order valence-electron chi connectivity index (χ4n) is 2.56. The van der Waals surface area contributed by atoms with Gasteiger partial charge < -0.3 is 5.11 Å². The van der Waals surface area contributed by atoms with Crippen molar-refractivity contribution in [1.29, 1.82) is 0 Å². The van der Waals surface area contributed by atoms with Crippen LogP contribution in [0.15, 0.2) is 28.7 Å². The molecule has 0 spiro atoms. The minimum atomic E-state index is -0.692. The first-order valence-corrected chi connectivity index (χ1v) is 8.84. The Morgan fingerprint density at radius 1 is 0.900 bits per heavy atom. The summed E-state index contributed by atoms with van der Waals surface area (Å²) < 4.78 is 1.06. The van der Waals surface area contributed by atoms with E-state index in [-0.39, 0.29) is 0 Å². The smallest absolute Gasteiger partial charge is 0.0868 e. The lowest BCUT2D eigenvalue weighted by atomic mass is 9.90. The summed E-state index contributed by atoms with van der Waals surface area (Å²) in [5, 5.41) is 10.5. The quantitative estimate of drug-likeness (QED) is 0.503. The minimum absolute atomic E-state index is 0.692. The Labute approximate surface area is 132 Å². The average molecular weight is 341 g/mol. The van der Waals surface area contributed by atoms with Gasteiger partial charge in [0.15, 0.2) is 0 Å². The Hall–Kier alpha value is -0.340. The molecule has 0 aliphatic rings. The second kappa shape index (κ2) is 9.57. The molecule has 1 unspecified atom stereocenters. The van der Waals surface area contributed by atoms with E-state index < -0.39 is 5.60 Å². The molecule has 0 bridgehead atoms. The van der Waals surface area contributed by atoms with Crippen LogP contribution < -0.4 is 0 Å². The van der Waals surface area contributed by atoms with Gasteiger partial charge in [-0.25, -0.2) is 0 Å². The monoisotopic (exact) mass is 340 g/mol. The van der Waals surface area contributed by atoms with Crippen molar-refractivity contribution in [1.82, 2.24) is 0 Å². The molecule has 0 aliphatic carbocycles. The van der Waals surface area contributed by atoms with Gasteiger partial charge in [0.1, 0.15) is 0 Å². The molecule has 0 fully saturated rings. The van der Waals surface area contributed by atoms with E-state index in [1.807, 2.05) is 31.2 Å². The molecule has 1 aromatic rings. The molecule has 1 N–H and O–H groups in total. The molecule has 1 nitrogen and oxygen atoms in total. The Kier molecular flexibility index (Phi) is 8.47. The lowest BCUT2D eigenvalue weighted by molar-refractivity contribution is 0.0448. The summed E-state index contributed by atoms with van der Waals surface area (Å²) in [6.45, 7) is 4.18. The minimum Gasteiger partial charge on any atom is -0.385 e. The van der Waals surface area contributed by atoms with Gasteiger partial charge >= 0.3 is 0 Å². The molecule has 0 amide bonds. The standard InChI is InChI=1S/C18H29BrO/c1-3-4-5-6-7-8-9-10-15-18(2,20)16-11-13-17(19)14-12-16/h11-14,20H,3-10,15H2,1-2H3. The van der Waals surface area contributed by atoms with Gasteiger partial charge in [-0.05, 0) is 31.0 Å². The summed E-state index contributed by atoms with van der Waals surface area (Å²) >= 11 is 3.43. The summed E-state index contributed by atoms with van der Waals surface area (Å²) in [7, 11) is 0. The average Bonchev–Trinajstić information content (AvgIpc) is 2.42. The first-order chi connectivity index (χ1) is 9.56. The van der Waals surface area contributed by atoms with Crippen molar-refractivity contribution < 1.29 is 5.11 Å². The molecule has 20 heavy (non-hydrogen) atoms. The maximum atomic E-state index is 10.5. The number of halogens is 1. The Morgan fingerprint density at radius 2 is 1.40 bits per heavy atom. The van der Waals surface area contributed by atoms with Gasteiger partial charge in [0.25, 0.3) is 0 Å². The highest BCUT2D eigenvalue weighted by atomic mass is 79.9. The molecular weight excluding hydrogens is 312 g/mol. The van der Waals surface area contributed by atoms with Gasteiger partial charge in [-0.15, -0.1) is 0 Å². The highest BCUT2D eigenvalue weighted by Gasteiger charge is 2.21. The van der Waals surface area contributed by atoms with Gasteiger partial charge in [0.05, 0.1) is 5.60 Å². The van der Waals surface area contributed by atoms with Crippen molar-refractivity contribution in [2.75, 3.05) is 0 Å². The van der Waals surface area contributed by atoms with E-state index in [4.69, 9.17) is 0 Å². The van der Waals surface area contributed by atoms with Crippen LogP contribution in [-0.4, -0.2) is 5.11 Å². The highest BCUT2D eigenvalue weighted by molar-refractivity contribution is 9.10. The second-order valence-electron chi connectivity index (χ2n) is 6.01. The second-order valence-corrected chi connectivity index (χ2v) is 6.92. The van der Waals surface area contributed by atoms with E-state index in [0.717, 1.165) is 22.9 Å². The van der Waals surface area contributed by atoms with Crippen LogP contribution in [0.2, 0.25) is 0 Å². The molecule has 114 valence electrons. The normalized spacial score (nSPS) is 14.2. The molecule has 1 rings (SSSR count). The molecule has 0 saturated carbocycles. The van der Waals surface area contributed by atoms with Crippen molar-refractivity contribution in [3.8, 4) is 0 Å². The molecule has 2 heteroatoms. The zero-order valence-corrected chi connectivity index (χ0v) is 14.6. The Bertz CT molecular complexity index is 356. The summed E-state index contributed by atoms with van der Waals surface area (Å²) in [6.07, 6.45) is 11.3. The fraction of sp³-hybridized carbons (Fsp3) is 0.667. The van der Waals surface area contributed by atoms with Crippen LogP contribution in [0, 0.1) is 0 Å². The van der Waals surface area contributed by atoms with E-state index in [9.17, 15) is 5.11 Å². The van der Waals surface area contributed by atoms with E-state index >= 15 is 0 Å². The van der Waals surface area contributed by atoms with Crippen molar-refractivity contribution in [2.24, 2.45) is 0 Å². The number of hydrogen-bond acceptors (Lipinski definition) is 1. The summed E-state index contributed by atoms with van der Waals surface area (Å²) in [4.78, 5) is 0. The summed E-state index contributed by atoms with van der Waals surface area (Å²) in [5.74, 6) is 0. The predicted molar refractivity (Wildman–Crippen MR) is 90.9 cm³/mol. The van der Waals surface area contributed by atoms with Crippen LogP contribution in [-0.2, 0) is 5.60 Å². The van der Waals surface area contributed by atoms with E-state index in [1.165, 1.54) is 44.9 Å². The topological polar surface area (TPSA) is 20.2 Å². The van der Waals surface area contributed by atoms with Crippen molar-refractivity contribution in [2.45, 2.75) is 77.2 Å². The van der Waals surface area contributed by atoms with Crippen molar-refractivity contribution in [3.05, 3.63) is 34.3 Å². The number of hydrogen-bond donors (Lipinski definition) is 1. The molecule has 0 aliphatic heterocycles. The largest absolute Gasteiger partial charge is 0.385 e. The number of aliphatic hydroxyl groups is 1. The number of benzene rings is 1. The number of rotatable bonds is 10. The molecule has 1 aromatic carbocycles. The third-order valence-electron chi connectivity index (χ3n) is 3.98. The molecular formula is C18H29BrO. The zero-order chi connectivity index (χ0) is 14.8. The van der Waals surface area contributed by atoms with Gasteiger partial charge in [-0.3, -0.25) is 0 Å². The van der Waals surface area contributed by atoms with Gasteiger partial charge in [0, 0.05) is 4.47 Å². The fourth-order valence-corrected chi connectivity index (χ4v) is 2.82. The van der Waals surface area contributed by atoms with Gasteiger partial charge in [0.2, 0.25) is 0 Å². The van der Waals surface area contributed by atoms with Crippen LogP contribution in [0.25, 0.3) is 0 Å². The van der Waals surface area contributed by atoms with E-state index in [0.29, 0.717) is 0 Å². The predicted octanol–water partition coefficient (Wildman–Crippen LogP) is 6.19. The lowest BCUT2D eigenvalue weighted by Gasteiger charge is -2.24. The summed E-state index contributed by atoms with van der Waals surface area (Å²) in [5.41, 5.74) is 0.326. The first-order valence-electron chi connectivity index (χ1n) is 8.04. The van der Waals surface area contributed by atoms with Crippen LogP contribution >= 0.6 is 15.9 Å². The molecule has 1 atom stereocenters. The first kappa shape index (κ1) is 17.7. The van der Waals surface area contributed by atoms with E-state index in [1.54, 1.807) is 0 Å². The molecule has 0 saturated heterocycles. The van der Waals surface area contributed by atoms with Crippen molar-refractivity contribution in [3.63, 3.8) is 0 Å². The van der Waals surface area contributed by atoms with Crippen LogP contribution in [0.5, 0.6) is 0 Å². The molecule has 0 radical (unpaired) electrons. The third-order valence-corrected chi connectivity index (χ3v) is 4.51. The molecule has 0 aromatic heterocycles. The Balaban J connectivity index is 2.18. The van der Waals surface area contributed by atoms with Gasteiger partial charge in [-0.1, -0.05) is 86.4 Å². The Morgan fingerprint density at radius 3 is 1.95 bits per heavy atom. The van der Waals surface area contributed by atoms with Crippen molar-refractivity contribution >= 4 is 15.9 Å².